The summed E-state index contributed by atoms with van der Waals surface area (Å²) in [7, 11) is 0. The standard InChI is InChI=1S/C25H26N4O2/c30-25-24-7-6-23(16-21(24)9-13-29-25)31-14-2-11-27-18-20-8-12-28-22(15-20)5-4-19-3-1-10-26-17-19/h1,3,6-10,12-13,15-17,27H,2,4-5,11,14,18H2,(H,29,30). The quantitative estimate of drug-likeness (QED) is 0.387. The van der Waals surface area contributed by atoms with Gasteiger partial charge in [-0.1, -0.05) is 6.07 Å². The summed E-state index contributed by atoms with van der Waals surface area (Å²) in [6.07, 6.45) is 9.98. The normalized spacial score (nSPS) is 11.0. The molecule has 0 unspecified atom stereocenters. The Morgan fingerprint density at radius 2 is 1.97 bits per heavy atom. The Kier molecular flexibility index (Phi) is 7.03. The third kappa shape index (κ3) is 5.99. The third-order valence-corrected chi connectivity index (χ3v) is 5.11. The van der Waals surface area contributed by atoms with Crippen LogP contribution < -0.4 is 15.6 Å². The molecule has 4 rings (SSSR count). The van der Waals surface area contributed by atoms with Gasteiger partial charge in [-0.2, -0.15) is 0 Å². The molecule has 0 atom stereocenters. The minimum Gasteiger partial charge on any atom is -0.494 e. The molecule has 31 heavy (non-hydrogen) atoms. The van der Waals surface area contributed by atoms with Gasteiger partial charge in [0.25, 0.3) is 5.56 Å². The molecule has 0 fully saturated rings. The summed E-state index contributed by atoms with van der Waals surface area (Å²) in [4.78, 5) is 23.1. The molecular formula is C25H26N4O2. The van der Waals surface area contributed by atoms with Gasteiger partial charge in [0.2, 0.25) is 0 Å². The Bertz CT molecular complexity index is 1170. The highest BCUT2D eigenvalue weighted by molar-refractivity contribution is 5.82. The fraction of sp³-hybridized carbons (Fsp3) is 0.240. The van der Waals surface area contributed by atoms with Crippen LogP contribution in [0.25, 0.3) is 10.8 Å². The molecule has 0 bridgehead atoms. The first-order chi connectivity index (χ1) is 15.3. The van der Waals surface area contributed by atoms with E-state index >= 15 is 0 Å². The fourth-order valence-corrected chi connectivity index (χ4v) is 3.47. The average Bonchev–Trinajstić information content (AvgIpc) is 2.81. The van der Waals surface area contributed by atoms with Crippen LogP contribution in [0.4, 0.5) is 0 Å². The molecule has 0 aliphatic heterocycles. The molecule has 0 spiro atoms. The van der Waals surface area contributed by atoms with Crippen LogP contribution in [0.1, 0.15) is 23.2 Å². The smallest absolute Gasteiger partial charge is 0.255 e. The number of aryl methyl sites for hydroxylation is 2. The van der Waals surface area contributed by atoms with E-state index in [1.54, 1.807) is 18.5 Å². The lowest BCUT2D eigenvalue weighted by atomic mass is 10.1. The molecule has 0 aliphatic carbocycles. The molecule has 1 aromatic carbocycles. The Morgan fingerprint density at radius 1 is 1.00 bits per heavy atom. The number of rotatable bonds is 10. The number of nitrogens with zero attached hydrogens (tertiary/aromatic N) is 2. The fourth-order valence-electron chi connectivity index (χ4n) is 3.47. The molecule has 6 nitrogen and oxygen atoms in total. The van der Waals surface area contributed by atoms with Crippen LogP contribution in [0.15, 0.2) is 78.1 Å². The first-order valence-electron chi connectivity index (χ1n) is 10.6. The number of nitrogens with one attached hydrogen (secondary N) is 2. The number of pyridine rings is 3. The molecule has 158 valence electrons. The second-order valence-electron chi connectivity index (χ2n) is 7.45. The molecule has 0 saturated heterocycles. The Hall–Kier alpha value is -3.51. The summed E-state index contributed by atoms with van der Waals surface area (Å²) < 4.78 is 5.83. The van der Waals surface area contributed by atoms with Crippen molar-refractivity contribution in [3.05, 3.63) is 100 Å². The number of aromatic amines is 1. The maximum Gasteiger partial charge on any atom is 0.255 e. The van der Waals surface area contributed by atoms with Gasteiger partial charge in [-0.3, -0.25) is 14.8 Å². The summed E-state index contributed by atoms with van der Waals surface area (Å²) in [5.74, 6) is 0.783. The van der Waals surface area contributed by atoms with Gasteiger partial charge < -0.3 is 15.0 Å². The van der Waals surface area contributed by atoms with E-state index in [1.807, 2.05) is 42.7 Å². The van der Waals surface area contributed by atoms with Crippen LogP contribution in [0.5, 0.6) is 5.75 Å². The molecular weight excluding hydrogens is 388 g/mol. The predicted octanol–water partition coefficient (Wildman–Crippen LogP) is 3.66. The number of H-pyrrole nitrogens is 1. The highest BCUT2D eigenvalue weighted by Crippen LogP contribution is 2.18. The highest BCUT2D eigenvalue weighted by atomic mass is 16.5. The minimum absolute atomic E-state index is 0.0791. The van der Waals surface area contributed by atoms with Crippen molar-refractivity contribution in [2.45, 2.75) is 25.8 Å². The van der Waals surface area contributed by atoms with Gasteiger partial charge in [0.15, 0.2) is 0 Å². The largest absolute Gasteiger partial charge is 0.494 e. The first kappa shape index (κ1) is 20.8. The SMILES string of the molecule is O=c1[nH]ccc2cc(OCCCNCc3ccnc(CCc4cccnc4)c3)ccc12. The minimum atomic E-state index is -0.0791. The van der Waals surface area contributed by atoms with Crippen LogP contribution in [-0.2, 0) is 19.4 Å². The van der Waals surface area contributed by atoms with E-state index in [9.17, 15) is 4.79 Å². The van der Waals surface area contributed by atoms with Crippen LogP contribution >= 0.6 is 0 Å². The molecule has 2 N–H and O–H groups in total. The Balaban J connectivity index is 1.18. The molecule has 0 amide bonds. The number of hydrogen-bond acceptors (Lipinski definition) is 5. The van der Waals surface area contributed by atoms with E-state index in [1.165, 1.54) is 11.1 Å². The zero-order chi connectivity index (χ0) is 21.3. The molecule has 0 aliphatic rings. The van der Waals surface area contributed by atoms with Crippen molar-refractivity contribution in [1.29, 1.82) is 0 Å². The summed E-state index contributed by atoms with van der Waals surface area (Å²) in [5.41, 5.74) is 3.48. The van der Waals surface area contributed by atoms with Crippen LogP contribution in [0, 0.1) is 0 Å². The molecule has 0 radical (unpaired) electrons. The van der Waals surface area contributed by atoms with Crippen LogP contribution in [0.3, 0.4) is 0 Å². The zero-order valence-corrected chi connectivity index (χ0v) is 17.4. The third-order valence-electron chi connectivity index (χ3n) is 5.11. The summed E-state index contributed by atoms with van der Waals surface area (Å²) in [6.45, 7) is 2.29. The maximum absolute atomic E-state index is 11.8. The molecule has 6 heteroatoms. The van der Waals surface area contributed by atoms with Crippen molar-refractivity contribution in [3.8, 4) is 5.75 Å². The molecule has 3 aromatic heterocycles. The summed E-state index contributed by atoms with van der Waals surface area (Å²) >= 11 is 0. The zero-order valence-electron chi connectivity index (χ0n) is 17.4. The molecule has 3 heterocycles. The van der Waals surface area contributed by atoms with E-state index in [-0.39, 0.29) is 5.56 Å². The van der Waals surface area contributed by atoms with Crippen molar-refractivity contribution in [1.82, 2.24) is 20.3 Å². The monoisotopic (exact) mass is 414 g/mol. The van der Waals surface area contributed by atoms with Crippen molar-refractivity contribution in [2.24, 2.45) is 0 Å². The van der Waals surface area contributed by atoms with Crippen molar-refractivity contribution >= 4 is 10.8 Å². The number of ether oxygens (including phenoxy) is 1. The number of benzene rings is 1. The van der Waals surface area contributed by atoms with E-state index in [0.29, 0.717) is 12.0 Å². The highest BCUT2D eigenvalue weighted by Gasteiger charge is 2.02. The predicted molar refractivity (Wildman–Crippen MR) is 122 cm³/mol. The van der Waals surface area contributed by atoms with E-state index in [0.717, 1.165) is 49.2 Å². The van der Waals surface area contributed by atoms with Crippen molar-refractivity contribution in [3.63, 3.8) is 0 Å². The lowest BCUT2D eigenvalue weighted by molar-refractivity contribution is 0.308. The molecule has 0 saturated carbocycles. The topological polar surface area (TPSA) is 79.9 Å². The van der Waals surface area contributed by atoms with Gasteiger partial charge in [0.1, 0.15) is 5.75 Å². The number of aromatic nitrogens is 3. The lowest BCUT2D eigenvalue weighted by Gasteiger charge is -2.09. The Morgan fingerprint density at radius 3 is 2.87 bits per heavy atom. The molecule has 4 aromatic rings. The van der Waals surface area contributed by atoms with Gasteiger partial charge >= 0.3 is 0 Å². The van der Waals surface area contributed by atoms with E-state index in [2.05, 4.69) is 32.4 Å². The summed E-state index contributed by atoms with van der Waals surface area (Å²) in [5, 5.41) is 5.02. The van der Waals surface area contributed by atoms with Crippen molar-refractivity contribution in [2.75, 3.05) is 13.2 Å². The van der Waals surface area contributed by atoms with Crippen molar-refractivity contribution < 1.29 is 4.74 Å². The number of fused-ring (bicyclic) bond motifs is 1. The Labute approximate surface area is 181 Å². The van der Waals surface area contributed by atoms with E-state index < -0.39 is 0 Å². The van der Waals surface area contributed by atoms with Gasteiger partial charge in [0.05, 0.1) is 6.61 Å². The van der Waals surface area contributed by atoms with Gasteiger partial charge in [-0.15, -0.1) is 0 Å². The van der Waals surface area contributed by atoms with Gasteiger partial charge in [0, 0.05) is 42.4 Å². The summed E-state index contributed by atoms with van der Waals surface area (Å²) in [6, 6.07) is 15.7. The van der Waals surface area contributed by atoms with E-state index in [4.69, 9.17) is 4.74 Å². The average molecular weight is 415 g/mol. The van der Waals surface area contributed by atoms with Crippen LogP contribution in [0.2, 0.25) is 0 Å². The van der Waals surface area contributed by atoms with Gasteiger partial charge in [-0.05, 0) is 84.8 Å². The lowest BCUT2D eigenvalue weighted by Crippen LogP contribution is -2.17. The number of hydrogen-bond donors (Lipinski definition) is 2. The van der Waals surface area contributed by atoms with Gasteiger partial charge in [-0.25, -0.2) is 0 Å². The van der Waals surface area contributed by atoms with Crippen LogP contribution in [-0.4, -0.2) is 28.1 Å². The first-order valence-corrected chi connectivity index (χ1v) is 10.6. The second kappa shape index (κ2) is 10.5. The maximum atomic E-state index is 11.8. The second-order valence-corrected chi connectivity index (χ2v) is 7.45.